The lowest BCUT2D eigenvalue weighted by atomic mass is 10.2. The maximum Gasteiger partial charge on any atom is 0.246 e. The number of rotatable bonds is 5. The number of piperazine rings is 1. The Morgan fingerprint density at radius 1 is 1.08 bits per heavy atom. The summed E-state index contributed by atoms with van der Waals surface area (Å²) in [5.41, 5.74) is 1.26. The van der Waals surface area contributed by atoms with Crippen LogP contribution >= 0.6 is 0 Å². The summed E-state index contributed by atoms with van der Waals surface area (Å²) in [7, 11) is -3.45. The predicted octanol–water partition coefficient (Wildman–Crippen LogP) is 1.97. The number of benzene rings is 1. The Bertz CT molecular complexity index is 763. The van der Waals surface area contributed by atoms with Gasteiger partial charge in [0.05, 0.1) is 6.20 Å². The quantitative estimate of drug-likeness (QED) is 0.829. The molecule has 2 heterocycles. The molecule has 0 bridgehead atoms. The molecular formula is C17H24N4O2S. The van der Waals surface area contributed by atoms with Crippen LogP contribution in [0, 0.1) is 0 Å². The minimum Gasteiger partial charge on any atom is -0.296 e. The van der Waals surface area contributed by atoms with Crippen LogP contribution in [-0.4, -0.2) is 53.6 Å². The zero-order chi connectivity index (χ0) is 17.2. The fourth-order valence-corrected chi connectivity index (χ4v) is 4.22. The number of nitrogens with zero attached hydrogens (tertiary/aromatic N) is 4. The van der Waals surface area contributed by atoms with Gasteiger partial charge in [0.25, 0.3) is 0 Å². The maximum atomic E-state index is 12.7. The molecule has 0 unspecified atom stereocenters. The molecule has 0 radical (unpaired) electrons. The van der Waals surface area contributed by atoms with Crippen molar-refractivity contribution in [2.75, 3.05) is 26.2 Å². The first-order chi connectivity index (χ1) is 11.5. The Morgan fingerprint density at radius 3 is 2.33 bits per heavy atom. The summed E-state index contributed by atoms with van der Waals surface area (Å²) in [4.78, 5) is 2.58. The van der Waals surface area contributed by atoms with Crippen molar-refractivity contribution in [3.05, 3.63) is 48.3 Å². The minimum atomic E-state index is -3.45. The lowest BCUT2D eigenvalue weighted by molar-refractivity contribution is 0.181. The fourth-order valence-electron chi connectivity index (χ4n) is 2.85. The van der Waals surface area contributed by atoms with Gasteiger partial charge in [-0.3, -0.25) is 9.58 Å². The van der Waals surface area contributed by atoms with Gasteiger partial charge in [0, 0.05) is 45.0 Å². The van der Waals surface area contributed by atoms with Crippen LogP contribution in [0.3, 0.4) is 0 Å². The van der Waals surface area contributed by atoms with E-state index in [9.17, 15) is 8.42 Å². The molecule has 0 atom stereocenters. The molecule has 130 valence electrons. The average Bonchev–Trinajstić information content (AvgIpc) is 3.07. The molecule has 1 aromatic heterocycles. The van der Waals surface area contributed by atoms with Crippen molar-refractivity contribution in [1.82, 2.24) is 19.0 Å². The Labute approximate surface area is 143 Å². The van der Waals surface area contributed by atoms with Crippen LogP contribution in [0.2, 0.25) is 0 Å². The molecule has 0 aliphatic carbocycles. The highest BCUT2D eigenvalue weighted by molar-refractivity contribution is 7.89. The first-order valence-corrected chi connectivity index (χ1v) is 9.71. The Morgan fingerprint density at radius 2 is 1.75 bits per heavy atom. The van der Waals surface area contributed by atoms with Gasteiger partial charge in [0.2, 0.25) is 10.0 Å². The number of aromatic nitrogens is 2. The van der Waals surface area contributed by atoms with E-state index in [0.29, 0.717) is 13.1 Å². The predicted molar refractivity (Wildman–Crippen MR) is 93.1 cm³/mol. The molecule has 3 rings (SSSR count). The van der Waals surface area contributed by atoms with Gasteiger partial charge in [-0.05, 0) is 19.4 Å². The molecule has 0 N–H and O–H groups in total. The van der Waals surface area contributed by atoms with Crippen molar-refractivity contribution >= 4 is 10.0 Å². The highest BCUT2D eigenvalue weighted by Crippen LogP contribution is 2.19. The number of sulfonamides is 1. The molecule has 6 nitrogen and oxygen atoms in total. The largest absolute Gasteiger partial charge is 0.296 e. The van der Waals surface area contributed by atoms with Crippen LogP contribution in [0.4, 0.5) is 0 Å². The topological polar surface area (TPSA) is 58.4 Å². The first kappa shape index (κ1) is 17.1. The third kappa shape index (κ3) is 3.68. The molecule has 0 amide bonds. The van der Waals surface area contributed by atoms with Crippen molar-refractivity contribution in [2.24, 2.45) is 0 Å². The molecular weight excluding hydrogens is 324 g/mol. The highest BCUT2D eigenvalue weighted by Gasteiger charge is 2.29. The van der Waals surface area contributed by atoms with E-state index in [-0.39, 0.29) is 10.9 Å². The van der Waals surface area contributed by atoms with Crippen molar-refractivity contribution in [1.29, 1.82) is 0 Å². The molecule has 2 aromatic rings. The Kier molecular flexibility index (Phi) is 5.03. The SMILES string of the molecule is CC(C)n1cc(S(=O)(=O)N2CCN(Cc3ccccc3)CC2)cn1. The van der Waals surface area contributed by atoms with E-state index >= 15 is 0 Å². The van der Waals surface area contributed by atoms with Crippen LogP contribution in [0.1, 0.15) is 25.5 Å². The van der Waals surface area contributed by atoms with Gasteiger partial charge in [-0.2, -0.15) is 9.40 Å². The average molecular weight is 348 g/mol. The summed E-state index contributed by atoms with van der Waals surface area (Å²) in [6.07, 6.45) is 3.07. The normalized spacial score (nSPS) is 17.5. The lowest BCUT2D eigenvalue weighted by Crippen LogP contribution is -2.48. The Hall–Kier alpha value is -1.70. The third-order valence-electron chi connectivity index (χ3n) is 4.32. The second-order valence-corrected chi connectivity index (χ2v) is 8.35. The summed E-state index contributed by atoms with van der Waals surface area (Å²) < 4.78 is 28.7. The standard InChI is InChI=1S/C17H24N4O2S/c1-15(2)21-14-17(12-18-21)24(22,23)20-10-8-19(9-11-20)13-16-6-4-3-5-7-16/h3-7,12,14-15H,8-11,13H2,1-2H3. The molecule has 7 heteroatoms. The first-order valence-electron chi connectivity index (χ1n) is 8.27. The van der Waals surface area contributed by atoms with Crippen LogP contribution in [0.15, 0.2) is 47.6 Å². The van der Waals surface area contributed by atoms with Crippen LogP contribution < -0.4 is 0 Å². The van der Waals surface area contributed by atoms with Gasteiger partial charge in [-0.15, -0.1) is 0 Å². The number of hydrogen-bond donors (Lipinski definition) is 0. The number of hydrogen-bond acceptors (Lipinski definition) is 4. The Balaban J connectivity index is 1.62. The fraction of sp³-hybridized carbons (Fsp3) is 0.471. The monoisotopic (exact) mass is 348 g/mol. The van der Waals surface area contributed by atoms with Crippen molar-refractivity contribution < 1.29 is 8.42 Å². The van der Waals surface area contributed by atoms with E-state index in [2.05, 4.69) is 22.1 Å². The third-order valence-corrected chi connectivity index (χ3v) is 6.18. The van der Waals surface area contributed by atoms with E-state index in [4.69, 9.17) is 0 Å². The van der Waals surface area contributed by atoms with E-state index in [1.54, 1.807) is 15.2 Å². The highest BCUT2D eigenvalue weighted by atomic mass is 32.2. The molecule has 1 saturated heterocycles. The smallest absolute Gasteiger partial charge is 0.246 e. The lowest BCUT2D eigenvalue weighted by Gasteiger charge is -2.33. The van der Waals surface area contributed by atoms with Gasteiger partial charge >= 0.3 is 0 Å². The summed E-state index contributed by atoms with van der Waals surface area (Å²) in [5.74, 6) is 0. The van der Waals surface area contributed by atoms with E-state index in [1.807, 2.05) is 32.0 Å². The molecule has 1 aromatic carbocycles. The van der Waals surface area contributed by atoms with E-state index in [0.717, 1.165) is 19.6 Å². The van der Waals surface area contributed by atoms with Crippen molar-refractivity contribution in [3.8, 4) is 0 Å². The molecule has 24 heavy (non-hydrogen) atoms. The summed E-state index contributed by atoms with van der Waals surface area (Å²) in [6, 6.07) is 10.4. The molecule has 1 fully saturated rings. The molecule has 0 spiro atoms. The second kappa shape index (κ2) is 7.04. The zero-order valence-electron chi connectivity index (χ0n) is 14.2. The summed E-state index contributed by atoms with van der Waals surface area (Å²) in [6.45, 7) is 7.33. The van der Waals surface area contributed by atoms with Gasteiger partial charge < -0.3 is 0 Å². The van der Waals surface area contributed by atoms with E-state index < -0.39 is 10.0 Å². The zero-order valence-corrected chi connectivity index (χ0v) is 15.0. The van der Waals surface area contributed by atoms with Crippen LogP contribution in [0.25, 0.3) is 0 Å². The molecule has 1 aliphatic heterocycles. The van der Waals surface area contributed by atoms with Crippen molar-refractivity contribution in [3.63, 3.8) is 0 Å². The van der Waals surface area contributed by atoms with Gasteiger partial charge in [-0.1, -0.05) is 30.3 Å². The summed E-state index contributed by atoms with van der Waals surface area (Å²) in [5, 5.41) is 4.15. The van der Waals surface area contributed by atoms with Gasteiger partial charge in [0.15, 0.2) is 0 Å². The molecule has 0 saturated carbocycles. The maximum absolute atomic E-state index is 12.7. The van der Waals surface area contributed by atoms with Crippen LogP contribution in [0.5, 0.6) is 0 Å². The van der Waals surface area contributed by atoms with Gasteiger partial charge in [0.1, 0.15) is 4.90 Å². The van der Waals surface area contributed by atoms with E-state index in [1.165, 1.54) is 11.8 Å². The van der Waals surface area contributed by atoms with Crippen molar-refractivity contribution in [2.45, 2.75) is 31.3 Å². The van der Waals surface area contributed by atoms with Gasteiger partial charge in [-0.25, -0.2) is 8.42 Å². The van der Waals surface area contributed by atoms with Crippen LogP contribution in [-0.2, 0) is 16.6 Å². The minimum absolute atomic E-state index is 0.150. The second-order valence-electron chi connectivity index (χ2n) is 6.42. The summed E-state index contributed by atoms with van der Waals surface area (Å²) >= 11 is 0. The molecule has 1 aliphatic rings.